The van der Waals surface area contributed by atoms with Crippen LogP contribution in [0.3, 0.4) is 0 Å². The van der Waals surface area contributed by atoms with Crippen molar-refractivity contribution < 1.29 is 9.31 Å². The lowest BCUT2D eigenvalue weighted by atomic mass is 9.80. The highest BCUT2D eigenvalue weighted by Gasteiger charge is 2.55. The number of hydrogen-bond acceptors (Lipinski definition) is 2. The van der Waals surface area contributed by atoms with Gasteiger partial charge in [-0.05, 0) is 50.5 Å². The predicted molar refractivity (Wildman–Crippen MR) is 145 cm³/mol. The third kappa shape index (κ3) is 4.50. The van der Waals surface area contributed by atoms with Crippen LogP contribution in [0.5, 0.6) is 0 Å². The summed E-state index contributed by atoms with van der Waals surface area (Å²) in [4.78, 5) is 0. The molecule has 4 aromatic rings. The second kappa shape index (κ2) is 9.18. The van der Waals surface area contributed by atoms with E-state index in [-0.39, 0.29) is 23.8 Å². The Bertz CT molecular complexity index is 1200. The third-order valence-corrected chi connectivity index (χ3v) is 10.5. The fourth-order valence-electron chi connectivity index (χ4n) is 4.84. The lowest BCUT2D eigenvalue weighted by Gasteiger charge is -2.32. The van der Waals surface area contributed by atoms with Gasteiger partial charge in [0.05, 0.1) is 11.2 Å². The maximum Gasteiger partial charge on any atom is 0.459 e. The number of benzene rings is 4. The maximum absolute atomic E-state index is 6.71. The van der Waals surface area contributed by atoms with Crippen LogP contribution in [-0.4, -0.2) is 27.1 Å². The van der Waals surface area contributed by atoms with E-state index in [9.17, 15) is 0 Å². The molecule has 1 atom stereocenters. The lowest BCUT2D eigenvalue weighted by Crippen LogP contribution is -2.52. The van der Waals surface area contributed by atoms with Crippen LogP contribution < -0.4 is 10.4 Å². The normalized spacial score (nSPS) is 17.9. The monoisotopic (exact) mass is 463 g/mol. The van der Waals surface area contributed by atoms with E-state index in [2.05, 4.69) is 131 Å². The van der Waals surface area contributed by atoms with Crippen LogP contribution in [0, 0.1) is 0 Å². The quantitative estimate of drug-likeness (QED) is 0.342. The van der Waals surface area contributed by atoms with E-state index in [1.54, 1.807) is 0 Å². The van der Waals surface area contributed by atoms with Gasteiger partial charge < -0.3 is 9.31 Å². The molecule has 1 radical (unpaired) electrons. The largest absolute Gasteiger partial charge is 0.459 e. The van der Waals surface area contributed by atoms with E-state index in [1.165, 1.54) is 26.7 Å². The van der Waals surface area contributed by atoms with E-state index in [1.807, 2.05) is 0 Å². The van der Waals surface area contributed by atoms with Gasteiger partial charge in [0, 0.05) is 5.44 Å². The predicted octanol–water partition coefficient (Wildman–Crippen LogP) is 5.69. The molecule has 1 saturated heterocycles. The molecule has 34 heavy (non-hydrogen) atoms. The van der Waals surface area contributed by atoms with Gasteiger partial charge in [-0.1, -0.05) is 114 Å². The van der Waals surface area contributed by atoms with Gasteiger partial charge in [-0.15, -0.1) is 0 Å². The van der Waals surface area contributed by atoms with Crippen LogP contribution in [0.4, 0.5) is 0 Å². The molecule has 0 amide bonds. The standard InChI is InChI=1S/C30H32BO2Si/c1-29(2)30(3,4)33-31(32-29)28(22-23-19-20-24-13-11-12-14-25(24)21-23)34(26-15-7-5-8-16-26)27-17-9-6-10-18-27/h5-21,28H,22H2,1-4H3/t28-/m1/s1. The van der Waals surface area contributed by atoms with E-state index in [4.69, 9.17) is 9.31 Å². The number of hydrogen-bond donors (Lipinski definition) is 0. The average Bonchev–Trinajstić information content (AvgIpc) is 3.06. The van der Waals surface area contributed by atoms with Crippen LogP contribution in [0.15, 0.2) is 103 Å². The second-order valence-corrected chi connectivity index (χ2v) is 13.0. The first-order valence-electron chi connectivity index (χ1n) is 12.2. The van der Waals surface area contributed by atoms with E-state index < -0.39 is 8.80 Å². The number of fused-ring (bicyclic) bond motifs is 1. The first-order valence-corrected chi connectivity index (χ1v) is 13.7. The van der Waals surface area contributed by atoms with Crippen molar-refractivity contribution in [2.24, 2.45) is 0 Å². The molecule has 1 heterocycles. The molecule has 0 bridgehead atoms. The summed E-state index contributed by atoms with van der Waals surface area (Å²) in [6, 6.07) is 37.4. The zero-order chi connectivity index (χ0) is 23.8. The summed E-state index contributed by atoms with van der Waals surface area (Å²) in [5.74, 6) is 0. The van der Waals surface area contributed by atoms with Crippen molar-refractivity contribution in [3.63, 3.8) is 0 Å². The van der Waals surface area contributed by atoms with Crippen molar-refractivity contribution in [2.45, 2.75) is 50.8 Å². The van der Waals surface area contributed by atoms with Gasteiger partial charge in [-0.3, -0.25) is 0 Å². The molecule has 171 valence electrons. The minimum Gasteiger partial charge on any atom is -0.403 e. The SMILES string of the molecule is CC1(C)OB([C@@H](Cc2ccc3ccccc3c2)[Si](c2ccccc2)c2ccccc2)OC1(C)C. The Hall–Kier alpha value is -2.66. The van der Waals surface area contributed by atoms with Gasteiger partial charge in [0.2, 0.25) is 0 Å². The minimum absolute atomic E-state index is 0.206. The Morgan fingerprint density at radius 2 is 1.15 bits per heavy atom. The highest BCUT2D eigenvalue weighted by Crippen LogP contribution is 2.41. The zero-order valence-electron chi connectivity index (χ0n) is 20.5. The first-order chi connectivity index (χ1) is 16.3. The molecule has 0 aliphatic carbocycles. The summed E-state index contributed by atoms with van der Waals surface area (Å²) in [5.41, 5.74) is 0.809. The molecular formula is C30H32BO2Si. The van der Waals surface area contributed by atoms with Crippen molar-refractivity contribution in [1.29, 1.82) is 0 Å². The van der Waals surface area contributed by atoms with Crippen molar-refractivity contribution in [1.82, 2.24) is 0 Å². The fraction of sp³-hybridized carbons (Fsp3) is 0.267. The second-order valence-electron chi connectivity index (χ2n) is 10.3. The molecule has 0 aromatic heterocycles. The molecular weight excluding hydrogens is 431 g/mol. The van der Waals surface area contributed by atoms with Crippen LogP contribution in [0.25, 0.3) is 10.8 Å². The Labute approximate surface area is 205 Å². The molecule has 0 unspecified atom stereocenters. The van der Waals surface area contributed by atoms with Crippen molar-refractivity contribution >= 4 is 37.1 Å². The fourth-order valence-corrected chi connectivity index (χ4v) is 7.98. The molecule has 1 aliphatic heterocycles. The topological polar surface area (TPSA) is 18.5 Å². The Morgan fingerprint density at radius 3 is 1.71 bits per heavy atom. The average molecular weight is 463 g/mol. The molecule has 1 aliphatic rings. The van der Waals surface area contributed by atoms with Crippen molar-refractivity contribution in [2.75, 3.05) is 0 Å². The van der Waals surface area contributed by atoms with Gasteiger partial charge in [-0.2, -0.15) is 0 Å². The smallest absolute Gasteiger partial charge is 0.403 e. The van der Waals surface area contributed by atoms with Crippen LogP contribution in [0.2, 0.25) is 5.44 Å². The molecule has 0 N–H and O–H groups in total. The molecule has 2 nitrogen and oxygen atoms in total. The third-order valence-electron chi connectivity index (χ3n) is 7.41. The van der Waals surface area contributed by atoms with Crippen molar-refractivity contribution in [3.05, 3.63) is 109 Å². The molecule has 0 spiro atoms. The Balaban J connectivity index is 1.61. The molecule has 4 aromatic carbocycles. The summed E-state index contributed by atoms with van der Waals surface area (Å²) in [6.45, 7) is 8.60. The minimum atomic E-state index is -1.22. The van der Waals surface area contributed by atoms with Gasteiger partial charge in [-0.25, -0.2) is 0 Å². The summed E-state index contributed by atoms with van der Waals surface area (Å²) < 4.78 is 13.4. The molecule has 4 heteroatoms. The van der Waals surface area contributed by atoms with Crippen LogP contribution in [-0.2, 0) is 15.7 Å². The van der Waals surface area contributed by atoms with Gasteiger partial charge in [0.25, 0.3) is 0 Å². The van der Waals surface area contributed by atoms with Gasteiger partial charge in [0.1, 0.15) is 8.80 Å². The summed E-state index contributed by atoms with van der Waals surface area (Å²) >= 11 is 0. The zero-order valence-corrected chi connectivity index (χ0v) is 21.5. The lowest BCUT2D eigenvalue weighted by molar-refractivity contribution is 0.00578. The van der Waals surface area contributed by atoms with E-state index in [0.29, 0.717) is 0 Å². The first kappa shape index (κ1) is 23.1. The molecule has 5 rings (SSSR count). The Kier molecular flexibility index (Phi) is 6.24. The van der Waals surface area contributed by atoms with Crippen molar-refractivity contribution in [3.8, 4) is 0 Å². The maximum atomic E-state index is 6.71. The highest BCUT2D eigenvalue weighted by atomic mass is 28.3. The van der Waals surface area contributed by atoms with E-state index >= 15 is 0 Å². The highest BCUT2D eigenvalue weighted by molar-refractivity contribution is 6.93. The molecule has 0 saturated carbocycles. The van der Waals surface area contributed by atoms with Crippen LogP contribution >= 0.6 is 0 Å². The summed E-state index contributed by atoms with van der Waals surface area (Å²) in [5, 5.41) is 5.33. The van der Waals surface area contributed by atoms with Gasteiger partial charge >= 0.3 is 7.12 Å². The summed E-state index contributed by atoms with van der Waals surface area (Å²) in [7, 11) is -1.49. The number of rotatable bonds is 6. The molecule has 1 fully saturated rings. The van der Waals surface area contributed by atoms with E-state index in [0.717, 1.165) is 6.42 Å². The summed E-state index contributed by atoms with van der Waals surface area (Å²) in [6.07, 6.45) is 0.903. The van der Waals surface area contributed by atoms with Crippen LogP contribution in [0.1, 0.15) is 33.3 Å². The Morgan fingerprint density at radius 1 is 0.647 bits per heavy atom. The van der Waals surface area contributed by atoms with Gasteiger partial charge in [0.15, 0.2) is 0 Å².